The molecule has 33 nitrogen and oxygen atoms in total. The maximum absolute atomic E-state index is 14.5. The molecule has 2 aromatic carbocycles. The number of primary amides is 3. The maximum Gasteiger partial charge on any atom is 0.245 e. The zero-order valence-electron chi connectivity index (χ0n) is 50.5. The number of benzene rings is 2. The van der Waals surface area contributed by atoms with Crippen LogP contribution in [-0.2, 0) is 70.4 Å². The second-order valence-corrected chi connectivity index (χ2v) is 22.0. The first-order valence-electron chi connectivity index (χ1n) is 29.0. The van der Waals surface area contributed by atoms with Gasteiger partial charge in [-0.15, -0.1) is 0 Å². The number of hydrogen-bond acceptors (Lipinski definition) is 17. The molecule has 27 N–H and O–H groups in total. The van der Waals surface area contributed by atoms with Crippen LogP contribution >= 0.6 is 0 Å². The number of carbonyl (C=O) groups is 12. The Labute approximate surface area is 517 Å². The summed E-state index contributed by atoms with van der Waals surface area (Å²) in [5.74, 6) is -13.1. The molecule has 0 unspecified atom stereocenters. The Morgan fingerprint density at radius 3 is 1.39 bits per heavy atom. The van der Waals surface area contributed by atoms with Crippen molar-refractivity contribution in [2.45, 2.75) is 152 Å². The first kappa shape index (κ1) is 72.7. The fourth-order valence-electron chi connectivity index (χ4n) is 9.44. The molecule has 0 saturated carbocycles. The molecule has 90 heavy (non-hydrogen) atoms. The van der Waals surface area contributed by atoms with E-state index in [0.717, 1.165) is 6.92 Å². The lowest BCUT2D eigenvalue weighted by molar-refractivity contribution is -0.137. The number of nitrogens with zero attached hydrogens (tertiary/aromatic N) is 1. The van der Waals surface area contributed by atoms with Crippen LogP contribution in [0.25, 0.3) is 21.8 Å². The lowest BCUT2D eigenvalue weighted by atomic mass is 10.00. The number of H-pyrrole nitrogens is 2. The molecule has 0 radical (unpaired) electrons. The third-order valence-electron chi connectivity index (χ3n) is 14.3. The molecule has 0 aliphatic heterocycles. The minimum Gasteiger partial charge on any atom is -0.391 e. The van der Waals surface area contributed by atoms with Gasteiger partial charge in [0.1, 0.15) is 48.3 Å². The second kappa shape index (κ2) is 35.3. The molecular formula is C57H85N19O14. The number of nitrogens with two attached hydrogens (primary N) is 7. The van der Waals surface area contributed by atoms with Gasteiger partial charge in [0, 0.05) is 53.6 Å². The van der Waals surface area contributed by atoms with Crippen LogP contribution in [0.15, 0.2) is 65.9 Å². The Balaban J connectivity index is 1.53. The zero-order chi connectivity index (χ0) is 66.9. The molecular weight excluding hydrogens is 1170 g/mol. The van der Waals surface area contributed by atoms with E-state index >= 15 is 0 Å². The van der Waals surface area contributed by atoms with Crippen molar-refractivity contribution in [2.24, 2.45) is 51.0 Å². The predicted molar refractivity (Wildman–Crippen MR) is 328 cm³/mol. The molecule has 0 aliphatic rings. The lowest BCUT2D eigenvalue weighted by Crippen LogP contribution is -2.62. The molecule has 11 atom stereocenters. The summed E-state index contributed by atoms with van der Waals surface area (Å²) in [6, 6.07) is 0.0352. The first-order valence-corrected chi connectivity index (χ1v) is 29.0. The van der Waals surface area contributed by atoms with Crippen molar-refractivity contribution in [3.8, 4) is 0 Å². The first-order chi connectivity index (χ1) is 42.5. The number of guanidine groups is 1. The van der Waals surface area contributed by atoms with Crippen LogP contribution in [0, 0.1) is 5.92 Å². The number of aromatic nitrogens is 2. The highest BCUT2D eigenvalue weighted by atomic mass is 16.3. The molecule has 0 bridgehead atoms. The summed E-state index contributed by atoms with van der Waals surface area (Å²) in [7, 11) is 0. The Bertz CT molecular complexity index is 3210. The van der Waals surface area contributed by atoms with Gasteiger partial charge < -0.3 is 108 Å². The van der Waals surface area contributed by atoms with Gasteiger partial charge in [0.2, 0.25) is 70.9 Å². The molecule has 33 heteroatoms. The van der Waals surface area contributed by atoms with E-state index in [1.54, 1.807) is 74.8 Å². The summed E-state index contributed by atoms with van der Waals surface area (Å²) in [6.45, 7) is 5.01. The summed E-state index contributed by atoms with van der Waals surface area (Å²) in [5.41, 5.74) is 41.2. The van der Waals surface area contributed by atoms with Crippen molar-refractivity contribution in [3.63, 3.8) is 0 Å². The van der Waals surface area contributed by atoms with Crippen molar-refractivity contribution in [3.05, 3.63) is 72.1 Å². The van der Waals surface area contributed by atoms with E-state index in [4.69, 9.17) is 40.1 Å². The minimum absolute atomic E-state index is 0.00108. The van der Waals surface area contributed by atoms with Gasteiger partial charge in [-0.3, -0.25) is 62.5 Å². The van der Waals surface area contributed by atoms with Crippen LogP contribution in [0.3, 0.4) is 0 Å². The van der Waals surface area contributed by atoms with E-state index in [9.17, 15) is 67.7 Å². The fraction of sp³-hybridized carbons (Fsp3) is 0.491. The van der Waals surface area contributed by atoms with Gasteiger partial charge in [-0.25, -0.2) is 0 Å². The number of aliphatic hydroxyl groups is 2. The van der Waals surface area contributed by atoms with E-state index in [0.29, 0.717) is 52.2 Å². The van der Waals surface area contributed by atoms with Gasteiger partial charge in [0.25, 0.3) is 0 Å². The highest BCUT2D eigenvalue weighted by Gasteiger charge is 2.37. The van der Waals surface area contributed by atoms with Crippen molar-refractivity contribution in [1.82, 2.24) is 57.8 Å². The molecule has 0 fully saturated rings. The highest BCUT2D eigenvalue weighted by molar-refractivity contribution is 6.00. The molecule has 2 heterocycles. The Morgan fingerprint density at radius 2 is 0.933 bits per heavy atom. The number of unbranched alkanes of at least 4 members (excludes halogenated alkanes) is 1. The number of nitrogens with one attached hydrogen (secondary N) is 11. The molecule has 492 valence electrons. The third-order valence-corrected chi connectivity index (χ3v) is 14.3. The lowest BCUT2D eigenvalue weighted by Gasteiger charge is -2.29. The average molecular weight is 1260 g/mol. The van der Waals surface area contributed by atoms with Crippen LogP contribution in [0.2, 0.25) is 0 Å². The van der Waals surface area contributed by atoms with E-state index in [1.807, 2.05) is 0 Å². The molecule has 4 aromatic rings. The molecule has 4 rings (SSSR count). The van der Waals surface area contributed by atoms with E-state index in [-0.39, 0.29) is 44.7 Å². The number of aliphatic imine (C=N–C) groups is 1. The van der Waals surface area contributed by atoms with Gasteiger partial charge in [-0.1, -0.05) is 50.2 Å². The Hall–Kier alpha value is -9.73. The van der Waals surface area contributed by atoms with Crippen LogP contribution in [0.4, 0.5) is 0 Å². The largest absolute Gasteiger partial charge is 0.391 e. The summed E-state index contributed by atoms with van der Waals surface area (Å²) in [4.78, 5) is 171. The topological polar surface area (TPSA) is 580 Å². The number of para-hydroxylation sites is 2. The number of carbonyl (C=O) groups excluding carboxylic acids is 12. The standard InChI is InChI=1S/C57H85N19O14/c1-27(2)45(48(62)82)75-53(87)38(20-30-24-66-35-15-7-5-12-32(30)35)73-56(90)47(29(4)78)76-54(88)39(21-31-25-67-36-16-8-6-13-33(31)36)72-55(89)46(28(3)77)74-44(81)26-68-50(84)40(22-42(60)79)70-52(86)41(23-43(61)80)71-51(85)37(17-9-10-18-58)69-49(83)34(59)14-11-19-65-57(63)64/h5-8,12-13,15-16,24-25,27-29,34,37-41,45-47,66-67,77-78H,9-11,14,17-23,26,58-59H2,1-4H3,(H2,60,79)(H2,61,80)(H2,62,82)(H,68,84)(H,69,83)(H,70,86)(H,71,85)(H,72,89)(H,73,90)(H,74,81)(H,75,87)(H,76,88)(H4,63,64,65)/t28-,29-,34+,37+,38+,39+,40+,41+,45+,46+,47+/m1/s1. The third kappa shape index (κ3) is 22.8. The Morgan fingerprint density at radius 1 is 0.500 bits per heavy atom. The predicted octanol–water partition coefficient (Wildman–Crippen LogP) is -6.41. The Kier molecular flexibility index (Phi) is 28.5. The van der Waals surface area contributed by atoms with Crippen molar-refractivity contribution < 1.29 is 67.7 Å². The number of fused-ring (bicyclic) bond motifs is 2. The smallest absolute Gasteiger partial charge is 0.245 e. The van der Waals surface area contributed by atoms with Crippen LogP contribution in [0.1, 0.15) is 83.8 Å². The van der Waals surface area contributed by atoms with Gasteiger partial charge in [-0.2, -0.15) is 0 Å². The molecule has 12 amide bonds. The van der Waals surface area contributed by atoms with Crippen molar-refractivity contribution in [2.75, 3.05) is 19.6 Å². The van der Waals surface area contributed by atoms with Crippen molar-refractivity contribution in [1.29, 1.82) is 0 Å². The number of aliphatic hydroxyl groups excluding tert-OH is 2. The van der Waals surface area contributed by atoms with Gasteiger partial charge >= 0.3 is 0 Å². The quantitative estimate of drug-likeness (QED) is 0.0113. The number of hydrogen-bond donors (Lipinski definition) is 20. The summed E-state index contributed by atoms with van der Waals surface area (Å²) < 4.78 is 0. The molecule has 2 aromatic heterocycles. The van der Waals surface area contributed by atoms with E-state index < -0.39 is 163 Å². The van der Waals surface area contributed by atoms with Crippen LogP contribution in [-0.4, -0.2) is 183 Å². The zero-order valence-corrected chi connectivity index (χ0v) is 50.5. The van der Waals surface area contributed by atoms with Crippen LogP contribution < -0.4 is 88.0 Å². The summed E-state index contributed by atoms with van der Waals surface area (Å²) in [5, 5.41) is 44.9. The van der Waals surface area contributed by atoms with E-state index in [2.05, 4.69) is 62.8 Å². The van der Waals surface area contributed by atoms with E-state index in [1.165, 1.54) is 6.92 Å². The molecule has 0 aliphatic carbocycles. The SMILES string of the molecule is CC(C)[C@H](NC(=O)[C@H](Cc1c[nH]c2ccccc12)NC(=O)[C@@H](NC(=O)[C@H](Cc1c[nH]c2ccccc12)NC(=O)[C@@H](NC(=O)CNC(=O)[C@H](CC(N)=O)NC(=O)[C@H](CC(N)=O)NC(=O)[C@H](CCCCN)NC(=O)[C@@H](N)CCCN=C(N)N)[C@@H](C)O)[C@@H](C)O)C(N)=O. The fourth-order valence-corrected chi connectivity index (χ4v) is 9.44. The van der Waals surface area contributed by atoms with Crippen molar-refractivity contribution >= 4 is 98.7 Å². The summed E-state index contributed by atoms with van der Waals surface area (Å²) >= 11 is 0. The highest BCUT2D eigenvalue weighted by Crippen LogP contribution is 2.21. The number of rotatable bonds is 38. The minimum atomic E-state index is -1.88. The van der Waals surface area contributed by atoms with Crippen LogP contribution in [0.5, 0.6) is 0 Å². The molecule has 0 saturated heterocycles. The normalized spacial score (nSPS) is 14.9. The average Bonchev–Trinajstić information content (AvgIpc) is 3.19. The monoisotopic (exact) mass is 1260 g/mol. The number of aromatic amines is 2. The maximum atomic E-state index is 14.5. The summed E-state index contributed by atoms with van der Waals surface area (Å²) in [6.07, 6.45) is -1.21. The van der Waals surface area contributed by atoms with Gasteiger partial charge in [0.05, 0.1) is 37.6 Å². The van der Waals surface area contributed by atoms with Gasteiger partial charge in [-0.05, 0) is 81.7 Å². The second-order valence-electron chi connectivity index (χ2n) is 22.0. The van der Waals surface area contributed by atoms with Gasteiger partial charge in [0.15, 0.2) is 5.96 Å². The number of amides is 12. The molecule has 0 spiro atoms.